The predicted octanol–water partition coefficient (Wildman–Crippen LogP) is 3.23. The normalized spacial score (nSPS) is 18.4. The van der Waals surface area contributed by atoms with Crippen LogP contribution in [0.2, 0.25) is 0 Å². The second-order valence-corrected chi connectivity index (χ2v) is 7.41. The standard InChI is InChI=1S/C22H33N5/c1-19-7-3-4-15-27(19)18-21-10-8-20(9-11-21)17-25-22(23-2)24-12-16-26-13-5-6-14-26/h5-6,8-11,13-14,19H,3-4,7,12,15-18H2,1-2H3,(H2,23,24,25). The van der Waals surface area contributed by atoms with E-state index in [4.69, 9.17) is 0 Å². The molecule has 1 aromatic carbocycles. The lowest BCUT2D eigenvalue weighted by Crippen LogP contribution is -2.38. The van der Waals surface area contributed by atoms with Crippen LogP contribution in [0.1, 0.15) is 37.3 Å². The van der Waals surface area contributed by atoms with Crippen LogP contribution >= 0.6 is 0 Å². The van der Waals surface area contributed by atoms with Gasteiger partial charge in [-0.05, 0) is 49.6 Å². The lowest BCUT2D eigenvalue weighted by atomic mass is 10.0. The first-order valence-electron chi connectivity index (χ1n) is 10.1. The summed E-state index contributed by atoms with van der Waals surface area (Å²) in [5.41, 5.74) is 2.68. The lowest BCUT2D eigenvalue weighted by molar-refractivity contribution is 0.152. The monoisotopic (exact) mass is 367 g/mol. The molecule has 1 saturated heterocycles. The number of nitrogens with zero attached hydrogens (tertiary/aromatic N) is 3. The lowest BCUT2D eigenvalue weighted by Gasteiger charge is -2.33. The van der Waals surface area contributed by atoms with Crippen LogP contribution in [0.25, 0.3) is 0 Å². The van der Waals surface area contributed by atoms with E-state index in [1.54, 1.807) is 0 Å². The topological polar surface area (TPSA) is 44.6 Å². The molecule has 0 bridgehead atoms. The Labute approximate surface area is 163 Å². The van der Waals surface area contributed by atoms with Gasteiger partial charge in [0.05, 0.1) is 0 Å². The average molecular weight is 368 g/mol. The van der Waals surface area contributed by atoms with E-state index in [9.17, 15) is 0 Å². The highest BCUT2D eigenvalue weighted by Gasteiger charge is 2.17. The van der Waals surface area contributed by atoms with Crippen molar-refractivity contribution in [3.8, 4) is 0 Å². The number of nitrogens with one attached hydrogen (secondary N) is 2. The summed E-state index contributed by atoms with van der Waals surface area (Å²) in [5, 5.41) is 6.75. The summed E-state index contributed by atoms with van der Waals surface area (Å²) >= 11 is 0. The summed E-state index contributed by atoms with van der Waals surface area (Å²) in [4.78, 5) is 6.91. The third kappa shape index (κ3) is 6.14. The fourth-order valence-electron chi connectivity index (χ4n) is 3.62. The van der Waals surface area contributed by atoms with Crippen molar-refractivity contribution in [3.63, 3.8) is 0 Å². The summed E-state index contributed by atoms with van der Waals surface area (Å²) in [7, 11) is 1.81. The number of aromatic nitrogens is 1. The molecule has 5 heteroatoms. The van der Waals surface area contributed by atoms with Gasteiger partial charge in [-0.15, -0.1) is 0 Å². The molecule has 27 heavy (non-hydrogen) atoms. The van der Waals surface area contributed by atoms with E-state index in [1.165, 1.54) is 36.9 Å². The number of guanidine groups is 1. The van der Waals surface area contributed by atoms with Gasteiger partial charge in [-0.3, -0.25) is 9.89 Å². The largest absolute Gasteiger partial charge is 0.355 e. The van der Waals surface area contributed by atoms with E-state index in [0.717, 1.165) is 32.1 Å². The molecule has 0 spiro atoms. The molecular weight excluding hydrogens is 334 g/mol. The first kappa shape index (κ1) is 19.5. The Kier molecular flexibility index (Phi) is 7.34. The molecule has 0 saturated carbocycles. The Morgan fingerprint density at radius 3 is 2.52 bits per heavy atom. The summed E-state index contributed by atoms with van der Waals surface area (Å²) in [6.07, 6.45) is 8.19. The molecular formula is C22H33N5. The predicted molar refractivity (Wildman–Crippen MR) is 113 cm³/mol. The minimum absolute atomic E-state index is 0.709. The van der Waals surface area contributed by atoms with Crippen LogP contribution in [0.5, 0.6) is 0 Å². The molecule has 1 atom stereocenters. The highest BCUT2D eigenvalue weighted by atomic mass is 15.2. The maximum absolute atomic E-state index is 4.30. The Morgan fingerprint density at radius 2 is 1.81 bits per heavy atom. The van der Waals surface area contributed by atoms with Crippen LogP contribution in [0, 0.1) is 0 Å². The highest BCUT2D eigenvalue weighted by Crippen LogP contribution is 2.19. The minimum atomic E-state index is 0.709. The molecule has 1 unspecified atom stereocenters. The van der Waals surface area contributed by atoms with E-state index in [0.29, 0.717) is 6.04 Å². The second kappa shape index (κ2) is 10.2. The molecule has 5 nitrogen and oxygen atoms in total. The SMILES string of the molecule is CN=C(NCCn1cccc1)NCc1ccc(CN2CCCCC2C)cc1. The van der Waals surface area contributed by atoms with Crippen molar-refractivity contribution < 1.29 is 0 Å². The number of benzene rings is 1. The van der Waals surface area contributed by atoms with E-state index in [1.807, 2.05) is 19.2 Å². The van der Waals surface area contributed by atoms with Crippen LogP contribution in [0.15, 0.2) is 53.8 Å². The van der Waals surface area contributed by atoms with Crippen LogP contribution in [-0.2, 0) is 19.6 Å². The Hall–Kier alpha value is -2.27. The zero-order valence-electron chi connectivity index (χ0n) is 16.7. The first-order valence-corrected chi connectivity index (χ1v) is 10.1. The van der Waals surface area contributed by atoms with Gasteiger partial charge < -0.3 is 15.2 Å². The molecule has 2 heterocycles. The third-order valence-electron chi connectivity index (χ3n) is 5.36. The maximum Gasteiger partial charge on any atom is 0.191 e. The number of rotatable bonds is 7. The van der Waals surface area contributed by atoms with Crippen molar-refractivity contribution in [1.82, 2.24) is 20.1 Å². The van der Waals surface area contributed by atoms with E-state index >= 15 is 0 Å². The van der Waals surface area contributed by atoms with Crippen molar-refractivity contribution in [2.24, 2.45) is 4.99 Å². The number of hydrogen-bond acceptors (Lipinski definition) is 2. The second-order valence-electron chi connectivity index (χ2n) is 7.41. The molecule has 0 radical (unpaired) electrons. The van der Waals surface area contributed by atoms with Gasteiger partial charge >= 0.3 is 0 Å². The minimum Gasteiger partial charge on any atom is -0.355 e. The van der Waals surface area contributed by atoms with Crippen LogP contribution < -0.4 is 10.6 Å². The molecule has 0 amide bonds. The van der Waals surface area contributed by atoms with E-state index in [2.05, 4.69) is 68.7 Å². The molecule has 2 N–H and O–H groups in total. The maximum atomic E-state index is 4.30. The Balaban J connectivity index is 1.41. The summed E-state index contributed by atoms with van der Waals surface area (Å²) in [6, 6.07) is 13.8. The summed E-state index contributed by atoms with van der Waals surface area (Å²) in [6.45, 7) is 7.21. The van der Waals surface area contributed by atoms with Gasteiger partial charge in [-0.1, -0.05) is 30.7 Å². The fraction of sp³-hybridized carbons (Fsp3) is 0.500. The highest BCUT2D eigenvalue weighted by molar-refractivity contribution is 5.79. The third-order valence-corrected chi connectivity index (χ3v) is 5.36. The van der Waals surface area contributed by atoms with Gasteiger partial charge in [0.15, 0.2) is 5.96 Å². The van der Waals surface area contributed by atoms with Crippen LogP contribution in [0.4, 0.5) is 0 Å². The molecule has 1 aliphatic heterocycles. The summed E-state index contributed by atoms with van der Waals surface area (Å²) in [5.74, 6) is 0.841. The van der Waals surface area contributed by atoms with E-state index in [-0.39, 0.29) is 0 Å². The number of likely N-dealkylation sites (tertiary alicyclic amines) is 1. The summed E-state index contributed by atoms with van der Waals surface area (Å²) < 4.78 is 2.15. The number of hydrogen-bond donors (Lipinski definition) is 2. The van der Waals surface area contributed by atoms with Crippen LogP contribution in [-0.4, -0.2) is 41.6 Å². The van der Waals surface area contributed by atoms with Gasteiger partial charge in [-0.25, -0.2) is 0 Å². The average Bonchev–Trinajstić information content (AvgIpc) is 3.21. The zero-order chi connectivity index (χ0) is 18.9. The van der Waals surface area contributed by atoms with Crippen molar-refractivity contribution in [2.75, 3.05) is 20.1 Å². The quantitative estimate of drug-likeness (QED) is 0.583. The van der Waals surface area contributed by atoms with Gasteiger partial charge in [0, 0.05) is 51.7 Å². The van der Waals surface area contributed by atoms with Gasteiger partial charge in [0.1, 0.15) is 0 Å². The van der Waals surface area contributed by atoms with Crippen LogP contribution in [0.3, 0.4) is 0 Å². The van der Waals surface area contributed by atoms with E-state index < -0.39 is 0 Å². The number of piperidine rings is 1. The molecule has 1 aromatic heterocycles. The van der Waals surface area contributed by atoms with Crippen molar-refractivity contribution in [1.29, 1.82) is 0 Å². The molecule has 1 aliphatic rings. The Bertz CT molecular complexity index is 690. The smallest absolute Gasteiger partial charge is 0.191 e. The molecule has 0 aliphatic carbocycles. The molecule has 146 valence electrons. The molecule has 1 fully saturated rings. The molecule has 2 aromatic rings. The van der Waals surface area contributed by atoms with Crippen molar-refractivity contribution >= 4 is 5.96 Å². The first-order chi connectivity index (χ1) is 13.2. The Morgan fingerprint density at radius 1 is 1.07 bits per heavy atom. The van der Waals surface area contributed by atoms with Gasteiger partial charge in [0.2, 0.25) is 0 Å². The van der Waals surface area contributed by atoms with Crippen molar-refractivity contribution in [3.05, 3.63) is 59.9 Å². The van der Waals surface area contributed by atoms with Gasteiger partial charge in [-0.2, -0.15) is 0 Å². The number of aliphatic imine (C=N–C) groups is 1. The van der Waals surface area contributed by atoms with Crippen molar-refractivity contribution in [2.45, 2.75) is 51.9 Å². The zero-order valence-corrected chi connectivity index (χ0v) is 16.7. The molecule has 3 rings (SSSR count). The van der Waals surface area contributed by atoms with Gasteiger partial charge in [0.25, 0.3) is 0 Å². The fourth-order valence-corrected chi connectivity index (χ4v) is 3.62.